The average Bonchev–Trinajstić information content (AvgIpc) is 2.35. The first-order valence-electron chi connectivity index (χ1n) is 7.17. The van der Waals surface area contributed by atoms with Gasteiger partial charge in [0, 0.05) is 32.6 Å². The molecule has 0 aromatic rings. The smallest absolute Gasteiger partial charge is 0.242 e. The van der Waals surface area contributed by atoms with Crippen LogP contribution in [0.15, 0.2) is 0 Å². The van der Waals surface area contributed by atoms with E-state index in [9.17, 15) is 9.59 Å². The van der Waals surface area contributed by atoms with Gasteiger partial charge in [0.1, 0.15) is 0 Å². The molecule has 0 unspecified atom stereocenters. The number of likely N-dealkylation sites (N-methyl/N-ethyl adjacent to an activating group) is 2. The number of amides is 2. The molecule has 0 saturated heterocycles. The van der Waals surface area contributed by atoms with Crippen LogP contribution in [0.5, 0.6) is 0 Å². The molecule has 0 saturated carbocycles. The van der Waals surface area contributed by atoms with E-state index in [1.54, 1.807) is 11.9 Å². The van der Waals surface area contributed by atoms with Gasteiger partial charge in [0.05, 0.1) is 6.54 Å². The van der Waals surface area contributed by atoms with Crippen molar-refractivity contribution in [3.63, 3.8) is 0 Å². The maximum absolute atomic E-state index is 11.9. The van der Waals surface area contributed by atoms with Gasteiger partial charge in [-0.2, -0.15) is 0 Å². The molecule has 0 aliphatic carbocycles. The Labute approximate surface area is 117 Å². The van der Waals surface area contributed by atoms with Crippen LogP contribution < -0.4 is 5.32 Å². The van der Waals surface area contributed by atoms with Crippen LogP contribution in [0.3, 0.4) is 0 Å². The summed E-state index contributed by atoms with van der Waals surface area (Å²) in [5, 5.41) is 3.27. The first-order chi connectivity index (χ1) is 8.92. The van der Waals surface area contributed by atoms with Crippen LogP contribution >= 0.6 is 0 Å². The standard InChI is InChI=1S/C14H29N3O2/c1-6-17(7-2)14(19)11-16(5)13(18)9-8-10-15-12(3)4/h12,15H,6-11H2,1-5H3. The number of hydrogen-bond donors (Lipinski definition) is 1. The zero-order chi connectivity index (χ0) is 14.8. The second kappa shape index (κ2) is 9.78. The zero-order valence-corrected chi connectivity index (χ0v) is 13.0. The highest BCUT2D eigenvalue weighted by atomic mass is 16.2. The van der Waals surface area contributed by atoms with E-state index in [0.717, 1.165) is 13.0 Å². The summed E-state index contributed by atoms with van der Waals surface area (Å²) in [5.74, 6) is 0.0483. The highest BCUT2D eigenvalue weighted by molar-refractivity contribution is 5.84. The Morgan fingerprint density at radius 3 is 2.16 bits per heavy atom. The summed E-state index contributed by atoms with van der Waals surface area (Å²) >= 11 is 0. The molecule has 19 heavy (non-hydrogen) atoms. The summed E-state index contributed by atoms with van der Waals surface area (Å²) in [5.41, 5.74) is 0. The molecule has 0 rings (SSSR count). The fourth-order valence-electron chi connectivity index (χ4n) is 1.79. The molecule has 1 N–H and O–H groups in total. The van der Waals surface area contributed by atoms with Gasteiger partial charge in [-0.05, 0) is 26.8 Å². The monoisotopic (exact) mass is 271 g/mol. The molecule has 0 aromatic carbocycles. The van der Waals surface area contributed by atoms with Gasteiger partial charge in [-0.3, -0.25) is 9.59 Å². The molecular weight excluding hydrogens is 242 g/mol. The van der Waals surface area contributed by atoms with Crippen LogP contribution in [-0.4, -0.2) is 60.9 Å². The molecule has 2 amide bonds. The van der Waals surface area contributed by atoms with Crippen molar-refractivity contribution in [3.8, 4) is 0 Å². The second-order valence-electron chi connectivity index (χ2n) is 5.03. The molecule has 0 spiro atoms. The minimum atomic E-state index is 0.0150. The summed E-state index contributed by atoms with van der Waals surface area (Å²) in [6, 6.07) is 0.442. The van der Waals surface area contributed by atoms with Gasteiger partial charge in [0.15, 0.2) is 0 Å². The summed E-state index contributed by atoms with van der Waals surface area (Å²) < 4.78 is 0. The summed E-state index contributed by atoms with van der Waals surface area (Å²) in [7, 11) is 1.69. The lowest BCUT2D eigenvalue weighted by atomic mass is 10.2. The van der Waals surface area contributed by atoms with Crippen LogP contribution in [0.25, 0.3) is 0 Å². The average molecular weight is 271 g/mol. The van der Waals surface area contributed by atoms with Crippen LogP contribution in [0.2, 0.25) is 0 Å². The predicted octanol–water partition coefficient (Wildman–Crippen LogP) is 1.09. The summed E-state index contributed by atoms with van der Waals surface area (Å²) in [6.45, 7) is 10.4. The third kappa shape index (κ3) is 7.82. The predicted molar refractivity (Wildman–Crippen MR) is 77.9 cm³/mol. The second-order valence-corrected chi connectivity index (χ2v) is 5.03. The van der Waals surface area contributed by atoms with E-state index in [-0.39, 0.29) is 18.4 Å². The molecule has 112 valence electrons. The third-order valence-corrected chi connectivity index (χ3v) is 3.03. The van der Waals surface area contributed by atoms with Crippen LogP contribution in [0.4, 0.5) is 0 Å². The lowest BCUT2D eigenvalue weighted by Crippen LogP contribution is -2.41. The fourth-order valence-corrected chi connectivity index (χ4v) is 1.79. The van der Waals surface area contributed by atoms with Crippen molar-refractivity contribution in [1.29, 1.82) is 0 Å². The van der Waals surface area contributed by atoms with Crippen molar-refractivity contribution in [2.75, 3.05) is 33.2 Å². The van der Waals surface area contributed by atoms with E-state index < -0.39 is 0 Å². The largest absolute Gasteiger partial charge is 0.342 e. The van der Waals surface area contributed by atoms with E-state index >= 15 is 0 Å². The van der Waals surface area contributed by atoms with Crippen molar-refractivity contribution < 1.29 is 9.59 Å². The molecule has 0 fully saturated rings. The van der Waals surface area contributed by atoms with Gasteiger partial charge in [0.25, 0.3) is 0 Å². The highest BCUT2D eigenvalue weighted by Crippen LogP contribution is 1.98. The van der Waals surface area contributed by atoms with Crippen molar-refractivity contribution in [2.24, 2.45) is 0 Å². The van der Waals surface area contributed by atoms with Crippen LogP contribution in [0.1, 0.15) is 40.5 Å². The summed E-state index contributed by atoms with van der Waals surface area (Å²) in [4.78, 5) is 27.0. The molecule has 0 bridgehead atoms. The molecule has 5 heteroatoms. The molecule has 0 aliphatic heterocycles. The maximum atomic E-state index is 11.9. The van der Waals surface area contributed by atoms with E-state index in [1.165, 1.54) is 4.90 Å². The van der Waals surface area contributed by atoms with E-state index in [0.29, 0.717) is 25.6 Å². The number of rotatable bonds is 9. The minimum absolute atomic E-state index is 0.0150. The number of carbonyl (C=O) groups excluding carboxylic acids is 2. The van der Waals surface area contributed by atoms with Crippen molar-refractivity contribution in [2.45, 2.75) is 46.6 Å². The maximum Gasteiger partial charge on any atom is 0.242 e. The zero-order valence-electron chi connectivity index (χ0n) is 13.0. The molecule has 0 atom stereocenters. The van der Waals surface area contributed by atoms with Gasteiger partial charge >= 0.3 is 0 Å². The third-order valence-electron chi connectivity index (χ3n) is 3.03. The van der Waals surface area contributed by atoms with E-state index in [2.05, 4.69) is 19.2 Å². The Kier molecular flexibility index (Phi) is 9.21. The van der Waals surface area contributed by atoms with Crippen molar-refractivity contribution >= 4 is 11.8 Å². The molecule has 0 aromatic heterocycles. The van der Waals surface area contributed by atoms with E-state index in [4.69, 9.17) is 0 Å². The van der Waals surface area contributed by atoms with Crippen molar-refractivity contribution in [3.05, 3.63) is 0 Å². The van der Waals surface area contributed by atoms with Crippen LogP contribution in [0, 0.1) is 0 Å². The van der Waals surface area contributed by atoms with Gasteiger partial charge < -0.3 is 15.1 Å². The Balaban J connectivity index is 3.96. The Morgan fingerprint density at radius 1 is 1.11 bits per heavy atom. The lowest BCUT2D eigenvalue weighted by molar-refractivity contribution is -0.139. The number of nitrogens with zero attached hydrogens (tertiary/aromatic N) is 2. The van der Waals surface area contributed by atoms with Gasteiger partial charge in [-0.25, -0.2) is 0 Å². The highest BCUT2D eigenvalue weighted by Gasteiger charge is 2.15. The Morgan fingerprint density at radius 2 is 1.68 bits per heavy atom. The normalized spacial score (nSPS) is 10.6. The summed E-state index contributed by atoms with van der Waals surface area (Å²) in [6.07, 6.45) is 1.29. The first kappa shape index (κ1) is 17.9. The Hall–Kier alpha value is -1.10. The lowest BCUT2D eigenvalue weighted by Gasteiger charge is -2.23. The SMILES string of the molecule is CCN(CC)C(=O)CN(C)C(=O)CCCNC(C)C. The van der Waals surface area contributed by atoms with E-state index in [1.807, 2.05) is 13.8 Å². The van der Waals surface area contributed by atoms with Crippen LogP contribution in [-0.2, 0) is 9.59 Å². The molecule has 0 heterocycles. The number of hydrogen-bond acceptors (Lipinski definition) is 3. The number of carbonyl (C=O) groups is 2. The van der Waals surface area contributed by atoms with Gasteiger partial charge in [-0.15, -0.1) is 0 Å². The molecule has 0 radical (unpaired) electrons. The molecule has 5 nitrogen and oxygen atoms in total. The van der Waals surface area contributed by atoms with Crippen molar-refractivity contribution in [1.82, 2.24) is 15.1 Å². The number of nitrogens with one attached hydrogen (secondary N) is 1. The topological polar surface area (TPSA) is 52.7 Å². The van der Waals surface area contributed by atoms with Gasteiger partial charge in [0.2, 0.25) is 11.8 Å². The first-order valence-corrected chi connectivity index (χ1v) is 7.17. The Bertz CT molecular complexity index is 276. The molecular formula is C14H29N3O2. The minimum Gasteiger partial charge on any atom is -0.342 e. The fraction of sp³-hybridized carbons (Fsp3) is 0.857. The van der Waals surface area contributed by atoms with Gasteiger partial charge in [-0.1, -0.05) is 13.8 Å². The molecule has 0 aliphatic rings. The quantitative estimate of drug-likeness (QED) is 0.639.